The molecule has 5 aliphatic carbocycles. The Morgan fingerprint density at radius 3 is 2.33 bits per heavy atom. The number of hydrogen-bond acceptors (Lipinski definition) is 5. The molecule has 3 N–H and O–H groups in total. The number of carbonyl (C=O) groups is 2. The quantitative estimate of drug-likeness (QED) is 0.175. The lowest BCUT2D eigenvalue weighted by Gasteiger charge is -2.71. The van der Waals surface area contributed by atoms with E-state index in [1.165, 1.54) is 11.6 Å². The number of carboxylic acids is 1. The Morgan fingerprint density at radius 1 is 0.933 bits per heavy atom. The highest BCUT2D eigenvalue weighted by atomic mass is 16.5. The molecule has 1 aromatic rings. The second-order valence-electron chi connectivity index (χ2n) is 16.8. The highest BCUT2D eigenvalue weighted by Crippen LogP contribution is 2.75. The monoisotopic (exact) mass is 618 g/mol. The summed E-state index contributed by atoms with van der Waals surface area (Å²) in [4.78, 5) is 25.9. The Kier molecular flexibility index (Phi) is 7.90. The third-order valence-corrected chi connectivity index (χ3v) is 14.9. The van der Waals surface area contributed by atoms with Crippen molar-refractivity contribution in [2.75, 3.05) is 6.61 Å². The van der Waals surface area contributed by atoms with Crippen LogP contribution in [0, 0.1) is 56.7 Å². The van der Waals surface area contributed by atoms with Crippen LogP contribution in [0.3, 0.4) is 0 Å². The highest BCUT2D eigenvalue weighted by Gasteiger charge is 2.69. The Balaban J connectivity index is 1.27. The fourth-order valence-corrected chi connectivity index (χ4v) is 12.0. The van der Waals surface area contributed by atoms with E-state index in [-0.39, 0.29) is 57.9 Å². The molecule has 0 saturated heterocycles. The summed E-state index contributed by atoms with van der Waals surface area (Å²) in [6.45, 7) is 14.5. The Labute approximate surface area is 269 Å². The standard InChI is InChI=1S/C39H54O6/c1-24-26(23-45-32(42)14-9-25-7-10-27(40)11-8-25)15-20-39(34(43)44)22-21-37(5)28(33(24)39)12-13-30-36(4)18-17-31(41)35(2,3)29(36)16-19-38(30,37)6/h7-12,14,24,26,29-31,33,40-41H,13,15-23H2,1-6H3,(H,43,44)/t24-,26-,29-,30+,31-,33-,36-,37+,38+,39-/m0/s1. The third-order valence-electron chi connectivity index (χ3n) is 14.9. The van der Waals surface area contributed by atoms with Crippen LogP contribution >= 0.6 is 0 Å². The Morgan fingerprint density at radius 2 is 1.64 bits per heavy atom. The minimum atomic E-state index is -0.773. The molecule has 6 heteroatoms. The number of phenolic OH excluding ortho intramolecular Hbond substituents is 1. The first-order valence-corrected chi connectivity index (χ1v) is 17.4. The van der Waals surface area contributed by atoms with Crippen LogP contribution in [-0.4, -0.2) is 40.0 Å². The summed E-state index contributed by atoms with van der Waals surface area (Å²) in [6.07, 6.45) is 13.4. The van der Waals surface area contributed by atoms with Crippen molar-refractivity contribution in [3.63, 3.8) is 0 Å². The zero-order valence-electron chi connectivity index (χ0n) is 28.1. The van der Waals surface area contributed by atoms with Crippen LogP contribution in [0.2, 0.25) is 0 Å². The van der Waals surface area contributed by atoms with Gasteiger partial charge in [-0.3, -0.25) is 4.79 Å². The van der Waals surface area contributed by atoms with E-state index >= 15 is 0 Å². The third kappa shape index (κ3) is 4.74. The summed E-state index contributed by atoms with van der Waals surface area (Å²) in [5.74, 6) is 0.167. The number of esters is 1. The first-order chi connectivity index (χ1) is 21.1. The van der Waals surface area contributed by atoms with E-state index in [0.29, 0.717) is 24.7 Å². The number of fused-ring (bicyclic) bond motifs is 7. The van der Waals surface area contributed by atoms with Gasteiger partial charge in [-0.05, 0) is 133 Å². The van der Waals surface area contributed by atoms with Crippen LogP contribution in [0.1, 0.15) is 105 Å². The zero-order chi connectivity index (χ0) is 32.6. The molecule has 0 aliphatic heterocycles. The molecule has 6 rings (SSSR count). The van der Waals surface area contributed by atoms with Gasteiger partial charge in [-0.25, -0.2) is 4.79 Å². The molecule has 0 unspecified atom stereocenters. The van der Waals surface area contributed by atoms with E-state index in [4.69, 9.17) is 4.74 Å². The van der Waals surface area contributed by atoms with Gasteiger partial charge < -0.3 is 20.1 Å². The van der Waals surface area contributed by atoms with Crippen molar-refractivity contribution in [3.05, 3.63) is 47.6 Å². The van der Waals surface area contributed by atoms with E-state index < -0.39 is 17.4 Å². The number of aliphatic carboxylic acids is 1. The average Bonchev–Trinajstić information content (AvgIpc) is 2.98. The van der Waals surface area contributed by atoms with Gasteiger partial charge in [0, 0.05) is 6.08 Å². The van der Waals surface area contributed by atoms with Gasteiger partial charge in [0.2, 0.25) is 0 Å². The number of phenols is 1. The number of aromatic hydroxyl groups is 1. The van der Waals surface area contributed by atoms with Crippen molar-refractivity contribution in [2.45, 2.75) is 105 Å². The fourth-order valence-electron chi connectivity index (χ4n) is 12.0. The van der Waals surface area contributed by atoms with Crippen molar-refractivity contribution in [3.8, 4) is 5.75 Å². The Bertz CT molecular complexity index is 1390. The van der Waals surface area contributed by atoms with Crippen molar-refractivity contribution in [1.29, 1.82) is 0 Å². The molecule has 0 bridgehead atoms. The predicted molar refractivity (Wildman–Crippen MR) is 175 cm³/mol. The number of allylic oxidation sites excluding steroid dienone is 2. The van der Waals surface area contributed by atoms with Crippen molar-refractivity contribution < 1.29 is 29.6 Å². The van der Waals surface area contributed by atoms with Gasteiger partial charge in [0.15, 0.2) is 0 Å². The Hall–Kier alpha value is -2.60. The van der Waals surface area contributed by atoms with Crippen LogP contribution < -0.4 is 0 Å². The van der Waals surface area contributed by atoms with Crippen LogP contribution in [0.5, 0.6) is 5.75 Å². The maximum atomic E-state index is 13.2. The molecule has 10 atom stereocenters. The molecule has 6 nitrogen and oxygen atoms in total. The number of benzene rings is 1. The summed E-state index contributed by atoms with van der Waals surface area (Å²) < 4.78 is 5.78. The van der Waals surface area contributed by atoms with Gasteiger partial charge in [0.25, 0.3) is 0 Å². The lowest BCUT2D eigenvalue weighted by molar-refractivity contribution is -0.207. The molecule has 4 fully saturated rings. The van der Waals surface area contributed by atoms with E-state index in [1.54, 1.807) is 30.3 Å². The topological polar surface area (TPSA) is 104 Å². The smallest absolute Gasteiger partial charge is 0.330 e. The summed E-state index contributed by atoms with van der Waals surface area (Å²) in [5, 5.41) is 31.3. The van der Waals surface area contributed by atoms with Gasteiger partial charge in [-0.2, -0.15) is 0 Å². The first-order valence-electron chi connectivity index (χ1n) is 17.4. The number of carboxylic acid groups (broad SMARTS) is 1. The number of ether oxygens (including phenoxy) is 1. The van der Waals surface area contributed by atoms with Gasteiger partial charge in [0.1, 0.15) is 5.75 Å². The number of aliphatic hydroxyl groups excluding tert-OH is 1. The van der Waals surface area contributed by atoms with Gasteiger partial charge in [0.05, 0.1) is 18.1 Å². The average molecular weight is 619 g/mol. The van der Waals surface area contributed by atoms with Crippen molar-refractivity contribution >= 4 is 18.0 Å². The molecule has 0 heterocycles. The van der Waals surface area contributed by atoms with Crippen molar-refractivity contribution in [2.24, 2.45) is 56.7 Å². The molecule has 4 saturated carbocycles. The zero-order valence-corrected chi connectivity index (χ0v) is 28.1. The molecule has 0 spiro atoms. The summed E-state index contributed by atoms with van der Waals surface area (Å²) in [5.41, 5.74) is 1.40. The number of hydrogen-bond donors (Lipinski definition) is 3. The molecule has 0 radical (unpaired) electrons. The predicted octanol–water partition coefficient (Wildman–Crippen LogP) is 8.03. The SMILES string of the molecule is C[C@H]1[C@H](COC(=O)C=Cc2ccc(O)cc2)CC[C@]2(C(=O)O)CC[C@]3(C)C(=CC[C@@H]4[C@@]5(C)CC[C@H](O)C(C)(C)[C@@H]5CC[C@]43C)[C@H]12. The number of carbonyl (C=O) groups excluding carboxylic acids is 1. The summed E-state index contributed by atoms with van der Waals surface area (Å²) in [7, 11) is 0. The lowest BCUT2D eigenvalue weighted by Crippen LogP contribution is -2.65. The minimum absolute atomic E-state index is 0.0590. The highest BCUT2D eigenvalue weighted by molar-refractivity contribution is 5.87. The van der Waals surface area contributed by atoms with Crippen LogP contribution in [0.4, 0.5) is 0 Å². The fraction of sp³-hybridized carbons (Fsp3) is 0.692. The van der Waals surface area contributed by atoms with Crippen molar-refractivity contribution in [1.82, 2.24) is 0 Å². The second kappa shape index (κ2) is 11.0. The summed E-state index contributed by atoms with van der Waals surface area (Å²) >= 11 is 0. The van der Waals surface area contributed by atoms with E-state index in [2.05, 4.69) is 47.6 Å². The lowest BCUT2D eigenvalue weighted by atomic mass is 9.33. The van der Waals surface area contributed by atoms with Crippen LogP contribution in [0.15, 0.2) is 42.0 Å². The van der Waals surface area contributed by atoms with Crippen LogP contribution in [-0.2, 0) is 14.3 Å². The van der Waals surface area contributed by atoms with E-state index in [0.717, 1.165) is 50.5 Å². The minimum Gasteiger partial charge on any atom is -0.508 e. The van der Waals surface area contributed by atoms with Gasteiger partial charge in [-0.15, -0.1) is 0 Å². The first kappa shape index (κ1) is 32.3. The number of aliphatic hydroxyl groups is 1. The molecule has 5 aliphatic rings. The molecule has 0 aromatic heterocycles. The molecular formula is C39H54O6. The van der Waals surface area contributed by atoms with Crippen LogP contribution in [0.25, 0.3) is 6.08 Å². The summed E-state index contributed by atoms with van der Waals surface area (Å²) in [6, 6.07) is 6.64. The van der Waals surface area contributed by atoms with Gasteiger partial charge in [-0.1, -0.05) is 65.3 Å². The number of rotatable bonds is 5. The second-order valence-corrected chi connectivity index (χ2v) is 16.8. The largest absolute Gasteiger partial charge is 0.508 e. The molecular weight excluding hydrogens is 564 g/mol. The molecule has 1 aromatic carbocycles. The maximum absolute atomic E-state index is 13.2. The normalized spacial score (nSPS) is 43.7. The molecule has 0 amide bonds. The maximum Gasteiger partial charge on any atom is 0.330 e. The van der Waals surface area contributed by atoms with E-state index in [1.807, 2.05) is 0 Å². The molecule has 45 heavy (non-hydrogen) atoms. The van der Waals surface area contributed by atoms with Gasteiger partial charge >= 0.3 is 11.9 Å². The van der Waals surface area contributed by atoms with E-state index in [9.17, 15) is 24.9 Å². The molecule has 246 valence electrons.